The van der Waals surface area contributed by atoms with Crippen LogP contribution >= 0.6 is 11.6 Å². The van der Waals surface area contributed by atoms with Crippen molar-refractivity contribution in [3.8, 4) is 0 Å². The number of hydrogen-bond donors (Lipinski definition) is 2. The number of ether oxygens (including phenoxy) is 1. The number of pyridine rings is 1. The molecule has 2 atom stereocenters. The summed E-state index contributed by atoms with van der Waals surface area (Å²) in [6, 6.07) is 3.27. The van der Waals surface area contributed by atoms with Crippen LogP contribution in [-0.4, -0.2) is 29.6 Å². The molecule has 1 aromatic heterocycles. The van der Waals surface area contributed by atoms with Crippen molar-refractivity contribution in [2.45, 2.75) is 25.0 Å². The smallest absolute Gasteiger partial charge is 0.253 e. The van der Waals surface area contributed by atoms with Crippen LogP contribution in [0.2, 0.25) is 5.15 Å². The number of halogens is 1. The van der Waals surface area contributed by atoms with Crippen LogP contribution in [0.3, 0.4) is 0 Å². The van der Waals surface area contributed by atoms with Crippen LogP contribution in [0, 0.1) is 0 Å². The van der Waals surface area contributed by atoms with Crippen LogP contribution in [0.5, 0.6) is 0 Å². The lowest BCUT2D eigenvalue weighted by Crippen LogP contribution is -2.29. The van der Waals surface area contributed by atoms with E-state index in [2.05, 4.69) is 10.3 Å². The topological polar surface area (TPSA) is 77.2 Å². The normalized spacial score (nSPS) is 23.6. The quantitative estimate of drug-likeness (QED) is 0.795. The van der Waals surface area contributed by atoms with E-state index in [0.717, 1.165) is 6.42 Å². The van der Waals surface area contributed by atoms with Crippen molar-refractivity contribution in [1.29, 1.82) is 0 Å². The first-order chi connectivity index (χ1) is 8.19. The van der Waals surface area contributed by atoms with Crippen LogP contribution in [0.1, 0.15) is 12.8 Å². The predicted octanol–water partition coefficient (Wildman–Crippen LogP) is 1.18. The number of nitrogens with one attached hydrogen (secondary N) is 1. The maximum absolute atomic E-state index is 11.8. The number of amides is 1. The summed E-state index contributed by atoms with van der Waals surface area (Å²) in [6.45, 7) is 0.449. The van der Waals surface area contributed by atoms with E-state index in [0.29, 0.717) is 23.8 Å². The molecule has 1 aromatic rings. The summed E-state index contributed by atoms with van der Waals surface area (Å²) in [7, 11) is 0. The lowest BCUT2D eigenvalue weighted by Gasteiger charge is -2.12. The number of anilines is 1. The molecule has 92 valence electrons. The molecule has 0 saturated carbocycles. The van der Waals surface area contributed by atoms with Gasteiger partial charge in [0.2, 0.25) is 0 Å². The molecule has 17 heavy (non-hydrogen) atoms. The fraction of sp³-hybridized carbons (Fsp3) is 0.455. The highest BCUT2D eigenvalue weighted by Gasteiger charge is 2.29. The number of carbonyl (C=O) groups excluding carboxylic acids is 1. The van der Waals surface area contributed by atoms with Gasteiger partial charge in [-0.2, -0.15) is 0 Å². The van der Waals surface area contributed by atoms with Crippen molar-refractivity contribution in [2.75, 3.05) is 11.9 Å². The van der Waals surface area contributed by atoms with Gasteiger partial charge in [0.05, 0.1) is 6.10 Å². The Labute approximate surface area is 104 Å². The van der Waals surface area contributed by atoms with Gasteiger partial charge in [-0.15, -0.1) is 0 Å². The molecule has 1 saturated heterocycles. The molecule has 2 unspecified atom stereocenters. The van der Waals surface area contributed by atoms with Crippen LogP contribution in [0.4, 0.5) is 5.69 Å². The second-order valence-electron chi connectivity index (χ2n) is 3.92. The largest absolute Gasteiger partial charge is 0.364 e. The zero-order valence-electron chi connectivity index (χ0n) is 9.23. The molecule has 1 amide bonds. The Kier molecular flexibility index (Phi) is 3.93. The summed E-state index contributed by atoms with van der Waals surface area (Å²) in [5.41, 5.74) is 6.11. The van der Waals surface area contributed by atoms with Crippen LogP contribution in [-0.2, 0) is 9.53 Å². The lowest BCUT2D eigenvalue weighted by molar-refractivity contribution is -0.126. The Morgan fingerprint density at radius 1 is 1.65 bits per heavy atom. The molecule has 0 radical (unpaired) electrons. The molecule has 1 fully saturated rings. The maximum Gasteiger partial charge on any atom is 0.253 e. The minimum Gasteiger partial charge on any atom is -0.364 e. The summed E-state index contributed by atoms with van der Waals surface area (Å²) in [5.74, 6) is -0.164. The Bertz CT molecular complexity index is 413. The average Bonchev–Trinajstić information content (AvgIpc) is 2.77. The van der Waals surface area contributed by atoms with E-state index in [-0.39, 0.29) is 12.0 Å². The summed E-state index contributed by atoms with van der Waals surface area (Å²) in [4.78, 5) is 15.7. The van der Waals surface area contributed by atoms with E-state index in [4.69, 9.17) is 22.1 Å². The highest BCUT2D eigenvalue weighted by molar-refractivity contribution is 6.29. The number of aromatic nitrogens is 1. The van der Waals surface area contributed by atoms with E-state index in [1.807, 2.05) is 0 Å². The zero-order chi connectivity index (χ0) is 12.3. The van der Waals surface area contributed by atoms with Crippen molar-refractivity contribution in [1.82, 2.24) is 4.98 Å². The Morgan fingerprint density at radius 3 is 3.12 bits per heavy atom. The molecule has 2 rings (SSSR count). The van der Waals surface area contributed by atoms with Gasteiger partial charge in [-0.25, -0.2) is 4.98 Å². The van der Waals surface area contributed by atoms with Gasteiger partial charge in [-0.1, -0.05) is 11.6 Å². The molecule has 2 heterocycles. The second-order valence-corrected chi connectivity index (χ2v) is 4.30. The van der Waals surface area contributed by atoms with Crippen LogP contribution < -0.4 is 11.1 Å². The summed E-state index contributed by atoms with van der Waals surface area (Å²) >= 11 is 5.72. The zero-order valence-corrected chi connectivity index (χ0v) is 9.98. The minimum absolute atomic E-state index is 0.00761. The first-order valence-electron chi connectivity index (χ1n) is 5.47. The third kappa shape index (κ3) is 3.15. The van der Waals surface area contributed by atoms with Crippen LogP contribution in [0.25, 0.3) is 0 Å². The molecule has 3 N–H and O–H groups in total. The summed E-state index contributed by atoms with van der Waals surface area (Å²) < 4.78 is 5.49. The summed E-state index contributed by atoms with van der Waals surface area (Å²) in [6.07, 6.45) is 2.64. The number of nitrogens with two attached hydrogens (primary N) is 1. The molecule has 0 aromatic carbocycles. The van der Waals surface area contributed by atoms with Gasteiger partial charge in [-0.3, -0.25) is 4.79 Å². The van der Waals surface area contributed by atoms with E-state index in [9.17, 15) is 4.79 Å². The number of nitrogens with zero attached hydrogens (tertiary/aromatic N) is 1. The number of hydrogen-bond acceptors (Lipinski definition) is 4. The highest BCUT2D eigenvalue weighted by Crippen LogP contribution is 2.20. The van der Waals surface area contributed by atoms with Gasteiger partial charge in [0.15, 0.2) is 0 Å². The van der Waals surface area contributed by atoms with Gasteiger partial charge in [-0.05, 0) is 25.0 Å². The molecule has 1 aliphatic heterocycles. The molecule has 6 heteroatoms. The fourth-order valence-electron chi connectivity index (χ4n) is 1.77. The standard InChI is InChI=1S/C11H14ClN3O2/c12-10-5-7(3-4-14-10)15-11(16)9-2-1-8(6-13)17-9/h3-5,8-9H,1-2,6,13H2,(H,14,15,16). The number of carbonyl (C=O) groups is 1. The predicted molar refractivity (Wildman–Crippen MR) is 64.8 cm³/mol. The second kappa shape index (κ2) is 5.44. The van der Waals surface area contributed by atoms with Gasteiger partial charge >= 0.3 is 0 Å². The molecule has 5 nitrogen and oxygen atoms in total. The Hall–Kier alpha value is -1.17. The molecule has 0 spiro atoms. The minimum atomic E-state index is -0.421. The SMILES string of the molecule is NCC1CCC(C(=O)Nc2ccnc(Cl)c2)O1. The molecule has 1 aliphatic rings. The van der Waals surface area contributed by atoms with E-state index in [1.54, 1.807) is 12.1 Å². The van der Waals surface area contributed by atoms with Gasteiger partial charge in [0.25, 0.3) is 5.91 Å². The monoisotopic (exact) mass is 255 g/mol. The first kappa shape index (κ1) is 12.3. The van der Waals surface area contributed by atoms with Crippen molar-refractivity contribution in [3.63, 3.8) is 0 Å². The van der Waals surface area contributed by atoms with Gasteiger partial charge in [0, 0.05) is 18.4 Å². The first-order valence-corrected chi connectivity index (χ1v) is 5.85. The van der Waals surface area contributed by atoms with E-state index >= 15 is 0 Å². The van der Waals surface area contributed by atoms with Gasteiger partial charge < -0.3 is 15.8 Å². The molecule has 0 aliphatic carbocycles. The van der Waals surface area contributed by atoms with Crippen molar-refractivity contribution in [2.24, 2.45) is 5.73 Å². The van der Waals surface area contributed by atoms with Crippen LogP contribution in [0.15, 0.2) is 18.3 Å². The van der Waals surface area contributed by atoms with Crippen molar-refractivity contribution >= 4 is 23.2 Å². The third-order valence-corrected chi connectivity index (χ3v) is 2.86. The van der Waals surface area contributed by atoms with E-state index < -0.39 is 6.10 Å². The molecular formula is C11H14ClN3O2. The highest BCUT2D eigenvalue weighted by atomic mass is 35.5. The molecule has 0 bridgehead atoms. The van der Waals surface area contributed by atoms with E-state index in [1.165, 1.54) is 6.20 Å². The average molecular weight is 256 g/mol. The maximum atomic E-state index is 11.8. The Balaban J connectivity index is 1.93. The third-order valence-electron chi connectivity index (χ3n) is 2.66. The molecular weight excluding hydrogens is 242 g/mol. The van der Waals surface area contributed by atoms with Gasteiger partial charge in [0.1, 0.15) is 11.3 Å². The lowest BCUT2D eigenvalue weighted by atomic mass is 10.2. The fourth-order valence-corrected chi connectivity index (χ4v) is 1.95. The summed E-state index contributed by atoms with van der Waals surface area (Å²) in [5, 5.41) is 3.08. The Morgan fingerprint density at radius 2 is 2.47 bits per heavy atom. The van der Waals surface area contributed by atoms with Crippen molar-refractivity contribution in [3.05, 3.63) is 23.5 Å². The number of rotatable bonds is 3. The van der Waals surface area contributed by atoms with Crippen molar-refractivity contribution < 1.29 is 9.53 Å².